The van der Waals surface area contributed by atoms with Gasteiger partial charge in [-0.3, -0.25) is 4.79 Å². The maximum atomic E-state index is 12.0. The summed E-state index contributed by atoms with van der Waals surface area (Å²) >= 11 is 3.50. The van der Waals surface area contributed by atoms with Crippen LogP contribution in [0.3, 0.4) is 0 Å². The Morgan fingerprint density at radius 3 is 2.83 bits per heavy atom. The van der Waals surface area contributed by atoms with E-state index in [-0.39, 0.29) is 30.4 Å². The van der Waals surface area contributed by atoms with Crippen LogP contribution < -0.4 is 10.6 Å². The second-order valence-electron chi connectivity index (χ2n) is 4.40. The van der Waals surface area contributed by atoms with Gasteiger partial charge in [-0.1, -0.05) is 34.1 Å². The lowest BCUT2D eigenvalue weighted by Crippen LogP contribution is -2.41. The van der Waals surface area contributed by atoms with E-state index in [1.165, 1.54) is 0 Å². The van der Waals surface area contributed by atoms with Gasteiger partial charge in [0.1, 0.15) is 0 Å². The minimum Gasteiger partial charge on any atom is -0.348 e. The highest BCUT2D eigenvalue weighted by Crippen LogP contribution is 2.22. The minimum absolute atomic E-state index is 0. The smallest absolute Gasteiger partial charge is 0.237 e. The lowest BCUT2D eigenvalue weighted by atomic mass is 10.1. The normalized spacial score (nSPS) is 20.0. The molecule has 1 fully saturated rings. The third-order valence-corrected chi connectivity index (χ3v) is 3.83. The van der Waals surface area contributed by atoms with Crippen molar-refractivity contribution in [3.05, 3.63) is 34.3 Å². The van der Waals surface area contributed by atoms with Crippen molar-refractivity contribution in [2.24, 2.45) is 0 Å². The van der Waals surface area contributed by atoms with Crippen LogP contribution >= 0.6 is 28.3 Å². The van der Waals surface area contributed by atoms with Crippen molar-refractivity contribution in [2.45, 2.75) is 31.8 Å². The van der Waals surface area contributed by atoms with Gasteiger partial charge in [0.05, 0.1) is 12.1 Å². The van der Waals surface area contributed by atoms with Crippen LogP contribution in [0.5, 0.6) is 0 Å². The van der Waals surface area contributed by atoms with Crippen LogP contribution in [0, 0.1) is 0 Å². The van der Waals surface area contributed by atoms with Gasteiger partial charge in [0.2, 0.25) is 5.91 Å². The zero-order valence-electron chi connectivity index (χ0n) is 10.3. The van der Waals surface area contributed by atoms with Gasteiger partial charge in [0.25, 0.3) is 0 Å². The van der Waals surface area contributed by atoms with E-state index >= 15 is 0 Å². The molecule has 18 heavy (non-hydrogen) atoms. The Morgan fingerprint density at radius 2 is 2.22 bits per heavy atom. The molecule has 100 valence electrons. The largest absolute Gasteiger partial charge is 0.348 e. The van der Waals surface area contributed by atoms with Crippen LogP contribution in [-0.4, -0.2) is 18.5 Å². The van der Waals surface area contributed by atoms with Gasteiger partial charge in [-0.05, 0) is 37.9 Å². The molecule has 1 aromatic rings. The summed E-state index contributed by atoms with van der Waals surface area (Å²) in [6, 6.07) is 7.99. The fraction of sp³-hybridized carbons (Fsp3) is 0.462. The molecule has 2 N–H and O–H groups in total. The Labute approximate surface area is 122 Å². The Hall–Kier alpha value is -0.580. The van der Waals surface area contributed by atoms with Crippen LogP contribution in [0.15, 0.2) is 28.7 Å². The molecule has 0 spiro atoms. The van der Waals surface area contributed by atoms with E-state index in [1.807, 2.05) is 31.2 Å². The first-order valence-corrected chi connectivity index (χ1v) is 6.76. The molecule has 0 bridgehead atoms. The fourth-order valence-electron chi connectivity index (χ4n) is 2.13. The number of rotatable bonds is 3. The van der Waals surface area contributed by atoms with Gasteiger partial charge < -0.3 is 10.6 Å². The predicted octanol–water partition coefficient (Wildman–Crippen LogP) is 2.80. The van der Waals surface area contributed by atoms with E-state index < -0.39 is 0 Å². The number of benzene rings is 1. The highest BCUT2D eigenvalue weighted by molar-refractivity contribution is 9.10. The molecule has 5 heteroatoms. The number of nitrogens with one attached hydrogen (secondary N) is 2. The van der Waals surface area contributed by atoms with Crippen molar-refractivity contribution in [2.75, 3.05) is 6.54 Å². The monoisotopic (exact) mass is 332 g/mol. The maximum absolute atomic E-state index is 12.0. The fourth-order valence-corrected chi connectivity index (χ4v) is 2.75. The van der Waals surface area contributed by atoms with E-state index in [0.29, 0.717) is 0 Å². The number of hydrogen-bond acceptors (Lipinski definition) is 2. The van der Waals surface area contributed by atoms with Crippen LogP contribution in [0.25, 0.3) is 0 Å². The van der Waals surface area contributed by atoms with Crippen LogP contribution in [0.4, 0.5) is 0 Å². The molecule has 1 amide bonds. The molecule has 2 atom stereocenters. The zero-order valence-corrected chi connectivity index (χ0v) is 12.7. The summed E-state index contributed by atoms with van der Waals surface area (Å²) < 4.78 is 1.03. The molecular formula is C13H18BrClN2O. The molecule has 2 unspecified atom stereocenters. The summed E-state index contributed by atoms with van der Waals surface area (Å²) in [7, 11) is 0. The molecule has 1 aliphatic heterocycles. The summed E-state index contributed by atoms with van der Waals surface area (Å²) in [4.78, 5) is 12.0. The van der Waals surface area contributed by atoms with Crippen LogP contribution in [-0.2, 0) is 4.79 Å². The number of halogens is 2. The molecule has 1 aromatic carbocycles. The Bertz CT molecular complexity index is 408. The van der Waals surface area contributed by atoms with Crippen molar-refractivity contribution in [3.63, 3.8) is 0 Å². The van der Waals surface area contributed by atoms with E-state index in [4.69, 9.17) is 0 Å². The summed E-state index contributed by atoms with van der Waals surface area (Å²) in [5.41, 5.74) is 1.11. The molecule has 0 radical (unpaired) electrons. The first-order chi connectivity index (χ1) is 8.18. The van der Waals surface area contributed by atoms with Crippen molar-refractivity contribution >= 4 is 34.2 Å². The van der Waals surface area contributed by atoms with Crippen molar-refractivity contribution < 1.29 is 4.79 Å². The number of amides is 1. The summed E-state index contributed by atoms with van der Waals surface area (Å²) in [5.74, 6) is 0.103. The summed E-state index contributed by atoms with van der Waals surface area (Å²) in [6.07, 6.45) is 2.02. The number of carbonyl (C=O) groups excluding carboxylic acids is 1. The Balaban J connectivity index is 0.00000162. The first kappa shape index (κ1) is 15.5. The van der Waals surface area contributed by atoms with Crippen LogP contribution in [0.1, 0.15) is 31.4 Å². The van der Waals surface area contributed by atoms with Gasteiger partial charge in [-0.25, -0.2) is 0 Å². The molecule has 2 rings (SSSR count). The van der Waals surface area contributed by atoms with Crippen LogP contribution in [0.2, 0.25) is 0 Å². The standard InChI is InChI=1S/C13H17BrN2O.ClH/c1-9(10-5-2-3-6-11(10)14)16-13(17)12-7-4-8-15-12;/h2-3,5-6,9,12,15H,4,7-8H2,1H3,(H,16,17);1H. The van der Waals surface area contributed by atoms with E-state index in [0.717, 1.165) is 29.4 Å². The molecular weight excluding hydrogens is 316 g/mol. The van der Waals surface area contributed by atoms with E-state index in [9.17, 15) is 4.79 Å². The first-order valence-electron chi connectivity index (χ1n) is 5.96. The molecule has 3 nitrogen and oxygen atoms in total. The van der Waals surface area contributed by atoms with E-state index in [1.54, 1.807) is 0 Å². The van der Waals surface area contributed by atoms with Gasteiger partial charge in [-0.15, -0.1) is 12.4 Å². The molecule has 0 saturated carbocycles. The zero-order chi connectivity index (χ0) is 12.3. The van der Waals surface area contributed by atoms with Gasteiger partial charge in [0.15, 0.2) is 0 Å². The average molecular weight is 334 g/mol. The third-order valence-electron chi connectivity index (χ3n) is 3.11. The van der Waals surface area contributed by atoms with Crippen molar-refractivity contribution in [3.8, 4) is 0 Å². The molecule has 0 aliphatic carbocycles. The Kier molecular flexibility index (Phi) is 6.12. The van der Waals surface area contributed by atoms with Gasteiger partial charge in [-0.2, -0.15) is 0 Å². The van der Waals surface area contributed by atoms with Gasteiger partial charge in [0, 0.05) is 4.47 Å². The molecule has 1 aliphatic rings. The predicted molar refractivity (Wildman–Crippen MR) is 79.0 cm³/mol. The molecule has 1 saturated heterocycles. The third kappa shape index (κ3) is 3.70. The minimum atomic E-state index is -0.0139. The second kappa shape index (κ2) is 7.12. The maximum Gasteiger partial charge on any atom is 0.237 e. The van der Waals surface area contributed by atoms with E-state index in [2.05, 4.69) is 26.6 Å². The highest BCUT2D eigenvalue weighted by Gasteiger charge is 2.23. The average Bonchev–Trinajstić information content (AvgIpc) is 2.82. The molecule has 0 aromatic heterocycles. The van der Waals surface area contributed by atoms with Crippen molar-refractivity contribution in [1.29, 1.82) is 0 Å². The molecule has 1 heterocycles. The second-order valence-corrected chi connectivity index (χ2v) is 5.26. The summed E-state index contributed by atoms with van der Waals surface area (Å²) in [5, 5.41) is 6.25. The topological polar surface area (TPSA) is 41.1 Å². The quantitative estimate of drug-likeness (QED) is 0.893. The SMILES string of the molecule is CC(NC(=O)C1CCCN1)c1ccccc1Br.Cl. The number of carbonyl (C=O) groups is 1. The lowest BCUT2D eigenvalue weighted by Gasteiger charge is -2.18. The number of hydrogen-bond donors (Lipinski definition) is 2. The van der Waals surface area contributed by atoms with Gasteiger partial charge >= 0.3 is 0 Å². The van der Waals surface area contributed by atoms with Crippen molar-refractivity contribution in [1.82, 2.24) is 10.6 Å². The highest BCUT2D eigenvalue weighted by atomic mass is 79.9. The summed E-state index contributed by atoms with van der Waals surface area (Å²) in [6.45, 7) is 2.95. The lowest BCUT2D eigenvalue weighted by molar-refractivity contribution is -0.123. The Morgan fingerprint density at radius 1 is 1.50 bits per heavy atom.